The Hall–Kier alpha value is -4.71. The molecule has 0 bridgehead atoms. The summed E-state index contributed by atoms with van der Waals surface area (Å²) in [7, 11) is 0. The van der Waals surface area contributed by atoms with Crippen molar-refractivity contribution in [2.45, 2.75) is 25.5 Å². The number of ether oxygens (including phenoxy) is 1. The Labute approximate surface area is 210 Å². The number of anilines is 2. The van der Waals surface area contributed by atoms with Crippen molar-refractivity contribution in [3.05, 3.63) is 93.0 Å². The van der Waals surface area contributed by atoms with Gasteiger partial charge in [-0.05, 0) is 55.3 Å². The molecule has 2 aromatic heterocycles. The summed E-state index contributed by atoms with van der Waals surface area (Å²) in [5.74, 6) is -0.0358. The van der Waals surface area contributed by atoms with Crippen LogP contribution in [-0.2, 0) is 13.0 Å². The van der Waals surface area contributed by atoms with Gasteiger partial charge in [0.15, 0.2) is 5.82 Å². The molecule has 0 aliphatic carbocycles. The molecule has 0 spiro atoms. The average Bonchev–Trinajstić information content (AvgIpc) is 3.29. The summed E-state index contributed by atoms with van der Waals surface area (Å²) in [6.07, 6.45) is 2.57. The number of amidine groups is 1. The number of aromatic nitrogens is 4. The van der Waals surface area contributed by atoms with Crippen molar-refractivity contribution in [1.29, 1.82) is 5.41 Å². The lowest BCUT2D eigenvalue weighted by molar-refractivity contribution is 0.249. The number of aliphatic hydroxyl groups is 1. The van der Waals surface area contributed by atoms with Crippen LogP contribution >= 0.6 is 0 Å². The minimum atomic E-state index is -0.965. The van der Waals surface area contributed by atoms with Gasteiger partial charge in [0.2, 0.25) is 0 Å². The number of benzene rings is 2. The summed E-state index contributed by atoms with van der Waals surface area (Å²) in [6, 6.07) is 10.4. The van der Waals surface area contributed by atoms with Gasteiger partial charge in [-0.1, -0.05) is 0 Å². The van der Waals surface area contributed by atoms with Crippen LogP contribution in [0.2, 0.25) is 0 Å². The van der Waals surface area contributed by atoms with Crippen LogP contribution in [0.1, 0.15) is 40.5 Å². The minimum absolute atomic E-state index is 0.0893. The van der Waals surface area contributed by atoms with Gasteiger partial charge < -0.3 is 26.6 Å². The molecule has 0 fully saturated rings. The Morgan fingerprint density at radius 2 is 2.11 bits per heavy atom. The molecule has 11 nitrogen and oxygen atoms in total. The molecule has 8 N–H and O–H groups in total. The summed E-state index contributed by atoms with van der Waals surface area (Å²) < 4.78 is 22.7. The van der Waals surface area contributed by atoms with Crippen LogP contribution in [-0.4, -0.2) is 37.3 Å². The van der Waals surface area contributed by atoms with Gasteiger partial charge in [-0.3, -0.25) is 10.4 Å². The van der Waals surface area contributed by atoms with Crippen LogP contribution in [0.3, 0.4) is 0 Å². The van der Waals surface area contributed by atoms with Gasteiger partial charge in [0.05, 0.1) is 13.2 Å². The third-order valence-corrected chi connectivity index (χ3v) is 6.17. The molecule has 37 heavy (non-hydrogen) atoms. The van der Waals surface area contributed by atoms with Crippen LogP contribution in [0, 0.1) is 11.2 Å². The van der Waals surface area contributed by atoms with Crippen LogP contribution in [0.15, 0.2) is 53.5 Å². The number of H-pyrrole nitrogens is 1. The molecule has 1 aliphatic heterocycles. The van der Waals surface area contributed by atoms with Gasteiger partial charge in [-0.25, -0.2) is 14.2 Å². The van der Waals surface area contributed by atoms with Crippen molar-refractivity contribution in [2.24, 2.45) is 5.73 Å². The number of pyridine rings is 1. The van der Waals surface area contributed by atoms with Crippen LogP contribution < -0.4 is 27.2 Å². The second-order valence-electron chi connectivity index (χ2n) is 8.56. The zero-order chi connectivity index (χ0) is 26.1. The lowest BCUT2D eigenvalue weighted by Crippen LogP contribution is -2.20. The Kier molecular flexibility index (Phi) is 6.32. The number of hydrogen-bond acceptors (Lipinski definition) is 8. The smallest absolute Gasteiger partial charge is 0.348 e. The van der Waals surface area contributed by atoms with Gasteiger partial charge in [-0.2, -0.15) is 4.68 Å². The maximum atomic E-state index is 16.0. The lowest BCUT2D eigenvalue weighted by Gasteiger charge is -2.25. The zero-order valence-corrected chi connectivity index (χ0v) is 19.7. The number of nitrogens with two attached hydrogens (primary N) is 2. The van der Waals surface area contributed by atoms with E-state index in [0.717, 1.165) is 4.68 Å². The van der Waals surface area contributed by atoms with Crippen molar-refractivity contribution >= 4 is 17.3 Å². The molecule has 3 heterocycles. The predicted molar refractivity (Wildman–Crippen MR) is 135 cm³/mol. The summed E-state index contributed by atoms with van der Waals surface area (Å²) in [5, 5.41) is 25.3. The number of nitrogens with zero attached hydrogens (tertiary/aromatic N) is 3. The standard InChI is InChI=1S/C25H25FN8O3/c26-19-16-3-2-10-37-21(16)14(12-35)11-17(19)20(31-15-7-5-13(6-8-15)22(27)28)24-32-25(36)34(33-24)18-4-1-9-30-23(18)29/h1,4-9,11,20,31,35H,2-3,10,12H2,(H3,27,28)(H2,29,30)(H,32,33,36). The molecule has 4 aromatic rings. The third kappa shape index (κ3) is 4.49. The van der Waals surface area contributed by atoms with E-state index in [1.807, 2.05) is 0 Å². The summed E-state index contributed by atoms with van der Waals surface area (Å²) in [6.45, 7) is 0.0834. The normalized spacial score (nSPS) is 13.5. The van der Waals surface area contributed by atoms with Crippen LogP contribution in [0.5, 0.6) is 5.75 Å². The van der Waals surface area contributed by atoms with E-state index in [2.05, 4.69) is 20.4 Å². The lowest BCUT2D eigenvalue weighted by atomic mass is 9.94. The molecule has 2 aromatic carbocycles. The van der Waals surface area contributed by atoms with E-state index in [9.17, 15) is 9.90 Å². The Balaban J connectivity index is 1.66. The zero-order valence-electron chi connectivity index (χ0n) is 19.7. The highest BCUT2D eigenvalue weighted by Gasteiger charge is 2.29. The SMILES string of the molecule is N=C(N)c1ccc(NC(c2nn(-c3cccnc3N)c(=O)[nH]2)c2cc(CO)c3c(c2F)CCCO3)cc1. The topological polar surface area (TPSA) is 181 Å². The fraction of sp³-hybridized carbons (Fsp3) is 0.200. The number of halogens is 1. The van der Waals surface area contributed by atoms with Gasteiger partial charge in [0.1, 0.15) is 34.9 Å². The molecule has 0 amide bonds. The van der Waals surface area contributed by atoms with Crippen LogP contribution in [0.25, 0.3) is 5.69 Å². The maximum absolute atomic E-state index is 16.0. The van der Waals surface area contributed by atoms with E-state index < -0.39 is 17.5 Å². The van der Waals surface area contributed by atoms with E-state index in [0.29, 0.717) is 47.6 Å². The fourth-order valence-corrected chi connectivity index (χ4v) is 4.37. The molecule has 1 atom stereocenters. The fourth-order valence-electron chi connectivity index (χ4n) is 4.37. The van der Waals surface area contributed by atoms with E-state index in [4.69, 9.17) is 21.6 Å². The first-order valence-electron chi connectivity index (χ1n) is 11.6. The van der Waals surface area contributed by atoms with Crippen molar-refractivity contribution < 1.29 is 14.2 Å². The molecule has 0 saturated carbocycles. The second-order valence-corrected chi connectivity index (χ2v) is 8.56. The number of fused-ring (bicyclic) bond motifs is 1. The minimum Gasteiger partial charge on any atom is -0.493 e. The summed E-state index contributed by atoms with van der Waals surface area (Å²) in [4.78, 5) is 19.6. The van der Waals surface area contributed by atoms with Crippen LogP contribution in [0.4, 0.5) is 15.9 Å². The van der Waals surface area contributed by atoms with E-state index in [1.54, 1.807) is 36.4 Å². The second kappa shape index (κ2) is 9.74. The predicted octanol–water partition coefficient (Wildman–Crippen LogP) is 1.98. The monoisotopic (exact) mass is 504 g/mol. The first-order chi connectivity index (χ1) is 17.9. The number of nitrogens with one attached hydrogen (secondary N) is 3. The summed E-state index contributed by atoms with van der Waals surface area (Å²) in [5.41, 5.74) is 13.2. The summed E-state index contributed by atoms with van der Waals surface area (Å²) >= 11 is 0. The van der Waals surface area contributed by atoms with E-state index in [1.165, 1.54) is 12.3 Å². The van der Waals surface area contributed by atoms with Gasteiger partial charge in [0, 0.05) is 34.1 Å². The number of aromatic amines is 1. The highest BCUT2D eigenvalue weighted by Crippen LogP contribution is 2.37. The first-order valence-corrected chi connectivity index (χ1v) is 11.6. The largest absolute Gasteiger partial charge is 0.493 e. The molecule has 0 saturated heterocycles. The van der Waals surface area contributed by atoms with E-state index >= 15 is 4.39 Å². The molecule has 0 radical (unpaired) electrons. The highest BCUT2D eigenvalue weighted by atomic mass is 19.1. The molecule has 1 unspecified atom stereocenters. The Morgan fingerprint density at radius 3 is 2.81 bits per heavy atom. The molecule has 190 valence electrons. The van der Waals surface area contributed by atoms with Gasteiger partial charge in [-0.15, -0.1) is 5.10 Å². The number of nitrogen functional groups attached to an aromatic ring is 2. The maximum Gasteiger partial charge on any atom is 0.348 e. The molecule has 5 rings (SSSR count). The van der Waals surface area contributed by atoms with Crippen molar-refractivity contribution in [2.75, 3.05) is 17.7 Å². The Morgan fingerprint density at radius 1 is 1.32 bits per heavy atom. The van der Waals surface area contributed by atoms with Gasteiger partial charge in [0.25, 0.3) is 0 Å². The third-order valence-electron chi connectivity index (χ3n) is 6.17. The molecule has 1 aliphatic rings. The van der Waals surface area contributed by atoms with Gasteiger partial charge >= 0.3 is 5.69 Å². The number of hydrogen-bond donors (Lipinski definition) is 6. The molecule has 12 heteroatoms. The first kappa shape index (κ1) is 24.0. The molecular formula is C25H25FN8O3. The van der Waals surface area contributed by atoms with Crippen molar-refractivity contribution in [3.8, 4) is 11.4 Å². The number of aliphatic hydroxyl groups excluding tert-OH is 1. The quantitative estimate of drug-likeness (QED) is 0.163. The van der Waals surface area contributed by atoms with Crippen molar-refractivity contribution in [1.82, 2.24) is 19.7 Å². The van der Waals surface area contributed by atoms with E-state index in [-0.39, 0.29) is 35.3 Å². The van der Waals surface area contributed by atoms with Crippen molar-refractivity contribution in [3.63, 3.8) is 0 Å². The molecular weight excluding hydrogens is 479 g/mol. The Bertz CT molecular complexity index is 1530. The highest BCUT2D eigenvalue weighted by molar-refractivity contribution is 5.95. The average molecular weight is 505 g/mol. The number of rotatable bonds is 7.